The molecule has 7 nitrogen and oxygen atoms in total. The number of hydrogen-bond acceptors (Lipinski definition) is 6. The van der Waals surface area contributed by atoms with E-state index < -0.39 is 25.9 Å². The molecule has 1 rings (SSSR count). The second kappa shape index (κ2) is 4.50. The molecule has 0 aromatic heterocycles. The number of rotatable bonds is 3. The SMILES string of the molecule is CS(C)(N=O)C(=O)c1cc(O)ccc1[N+](=O)[O-]. The molecule has 0 atom stereocenters. The molecule has 0 spiro atoms. The number of aromatic hydroxyl groups is 1. The molecule has 0 fully saturated rings. The van der Waals surface area contributed by atoms with Crippen molar-refractivity contribution in [3.8, 4) is 5.75 Å². The Morgan fingerprint density at radius 1 is 1.47 bits per heavy atom. The molecule has 92 valence electrons. The first-order valence-corrected chi connectivity index (χ1v) is 6.80. The van der Waals surface area contributed by atoms with Crippen molar-refractivity contribution in [3.05, 3.63) is 38.8 Å². The van der Waals surface area contributed by atoms with Gasteiger partial charge in [0.1, 0.15) is 11.3 Å². The zero-order valence-corrected chi connectivity index (χ0v) is 9.93. The zero-order valence-electron chi connectivity index (χ0n) is 9.11. The Balaban J connectivity index is 3.39. The summed E-state index contributed by atoms with van der Waals surface area (Å²) in [5, 5.41) is 19.2. The number of benzene rings is 1. The van der Waals surface area contributed by atoms with Crippen LogP contribution in [0.4, 0.5) is 5.69 Å². The molecule has 0 aliphatic carbocycles. The first-order valence-electron chi connectivity index (χ1n) is 4.39. The number of phenols is 1. The standard InChI is InChI=1S/C9H10N2O5S/c1-17(2,10-14)9(13)7-5-6(12)3-4-8(7)11(15)16/h3-5,12H,1-2H3. The van der Waals surface area contributed by atoms with Crippen molar-refractivity contribution >= 4 is 21.0 Å². The number of carbonyl (C=O) groups excluding carboxylic acids is 1. The summed E-state index contributed by atoms with van der Waals surface area (Å²) in [6.07, 6.45) is 2.66. The van der Waals surface area contributed by atoms with Crippen molar-refractivity contribution in [3.63, 3.8) is 0 Å². The monoisotopic (exact) mass is 258 g/mol. The Bertz CT molecular complexity index is 500. The van der Waals surface area contributed by atoms with Gasteiger partial charge in [-0.1, -0.05) is 0 Å². The van der Waals surface area contributed by atoms with Gasteiger partial charge in [-0.3, -0.25) is 14.9 Å². The number of carbonyl (C=O) groups is 1. The van der Waals surface area contributed by atoms with Crippen LogP contribution < -0.4 is 0 Å². The number of nitro benzene ring substituents is 1. The Hall–Kier alpha value is -1.96. The van der Waals surface area contributed by atoms with E-state index in [1.165, 1.54) is 12.5 Å². The summed E-state index contributed by atoms with van der Waals surface area (Å²) >= 11 is 0. The lowest BCUT2D eigenvalue weighted by Gasteiger charge is -2.18. The molecule has 1 aromatic rings. The third-order valence-electron chi connectivity index (χ3n) is 2.04. The smallest absolute Gasteiger partial charge is 0.281 e. The van der Waals surface area contributed by atoms with Gasteiger partial charge in [0.2, 0.25) is 5.12 Å². The van der Waals surface area contributed by atoms with Crippen molar-refractivity contribution in [1.29, 1.82) is 0 Å². The molecule has 0 heterocycles. The van der Waals surface area contributed by atoms with Gasteiger partial charge in [-0.2, -0.15) is 0 Å². The summed E-state index contributed by atoms with van der Waals surface area (Å²) in [4.78, 5) is 32.4. The Kier molecular flexibility index (Phi) is 3.47. The Morgan fingerprint density at radius 2 is 2.06 bits per heavy atom. The van der Waals surface area contributed by atoms with Gasteiger partial charge in [-0.25, -0.2) is 0 Å². The van der Waals surface area contributed by atoms with Gasteiger partial charge in [-0.05, 0) is 39.4 Å². The first-order chi connectivity index (χ1) is 7.79. The Morgan fingerprint density at radius 3 is 2.53 bits per heavy atom. The van der Waals surface area contributed by atoms with Gasteiger partial charge in [0.05, 0.1) is 4.92 Å². The van der Waals surface area contributed by atoms with E-state index in [9.17, 15) is 24.9 Å². The van der Waals surface area contributed by atoms with Gasteiger partial charge >= 0.3 is 0 Å². The van der Waals surface area contributed by atoms with Crippen LogP contribution in [0.2, 0.25) is 0 Å². The molecule has 0 aliphatic rings. The van der Waals surface area contributed by atoms with Gasteiger partial charge < -0.3 is 5.11 Å². The summed E-state index contributed by atoms with van der Waals surface area (Å²) in [6.45, 7) is 0. The van der Waals surface area contributed by atoms with Crippen molar-refractivity contribution in [1.82, 2.24) is 0 Å². The molecular formula is C9H10N2O5S. The van der Waals surface area contributed by atoms with Crippen molar-refractivity contribution in [2.75, 3.05) is 12.5 Å². The number of nitrogens with zero attached hydrogens (tertiary/aromatic N) is 2. The number of phenolic OH excluding ortho intramolecular Hbond substituents is 1. The maximum Gasteiger partial charge on any atom is 0.281 e. The van der Waals surface area contributed by atoms with Crippen molar-refractivity contribution in [2.45, 2.75) is 0 Å². The molecule has 0 saturated carbocycles. The van der Waals surface area contributed by atoms with Crippen LogP contribution in [0.1, 0.15) is 10.4 Å². The minimum absolute atomic E-state index is 0.278. The average molecular weight is 258 g/mol. The fourth-order valence-electron chi connectivity index (χ4n) is 1.15. The maximum absolute atomic E-state index is 11.9. The lowest BCUT2D eigenvalue weighted by atomic mass is 10.2. The molecule has 8 heteroatoms. The van der Waals surface area contributed by atoms with Crippen LogP contribution in [0.25, 0.3) is 0 Å². The molecule has 0 unspecified atom stereocenters. The van der Waals surface area contributed by atoms with Gasteiger partial charge in [0, 0.05) is 6.07 Å². The number of nitroso groups, excluding NO2 is 1. The number of hydrogen-bond donors (Lipinski definition) is 1. The zero-order chi connectivity index (χ0) is 13.2. The third kappa shape index (κ3) is 2.59. The van der Waals surface area contributed by atoms with E-state index in [0.717, 1.165) is 18.2 Å². The van der Waals surface area contributed by atoms with Gasteiger partial charge in [0.15, 0.2) is 0 Å². The summed E-state index contributed by atoms with van der Waals surface area (Å²) < 4.78 is 2.71. The second-order valence-corrected chi connectivity index (χ2v) is 6.66. The minimum atomic E-state index is -2.51. The van der Waals surface area contributed by atoms with Gasteiger partial charge in [-0.15, -0.1) is 4.91 Å². The Labute approximate surface area is 98.0 Å². The first kappa shape index (κ1) is 13.1. The average Bonchev–Trinajstić information content (AvgIpc) is 2.27. The quantitative estimate of drug-likeness (QED) is 0.507. The molecule has 0 saturated heterocycles. The van der Waals surface area contributed by atoms with Crippen LogP contribution in [0.15, 0.2) is 22.8 Å². The fraction of sp³-hybridized carbons (Fsp3) is 0.222. The lowest BCUT2D eigenvalue weighted by Crippen LogP contribution is -2.10. The van der Waals surface area contributed by atoms with Crippen LogP contribution in [0, 0.1) is 15.0 Å². The third-order valence-corrected chi connectivity index (χ3v) is 3.54. The van der Waals surface area contributed by atoms with E-state index in [4.69, 9.17) is 0 Å². The molecule has 0 amide bonds. The highest BCUT2D eigenvalue weighted by Crippen LogP contribution is 2.46. The molecule has 1 aromatic carbocycles. The van der Waals surface area contributed by atoms with E-state index in [-0.39, 0.29) is 11.3 Å². The van der Waals surface area contributed by atoms with Crippen LogP contribution in [-0.4, -0.2) is 27.7 Å². The highest BCUT2D eigenvalue weighted by atomic mass is 32.3. The van der Waals surface area contributed by atoms with E-state index in [1.807, 2.05) is 0 Å². The summed E-state index contributed by atoms with van der Waals surface area (Å²) in [5.41, 5.74) is -0.744. The normalized spacial score (nSPS) is 11.9. The maximum atomic E-state index is 11.9. The molecule has 17 heavy (non-hydrogen) atoms. The minimum Gasteiger partial charge on any atom is -0.508 e. The largest absolute Gasteiger partial charge is 0.508 e. The predicted octanol–water partition coefficient (Wildman–Crippen LogP) is 2.19. The molecule has 0 radical (unpaired) electrons. The van der Waals surface area contributed by atoms with E-state index in [0.29, 0.717) is 0 Å². The van der Waals surface area contributed by atoms with E-state index >= 15 is 0 Å². The summed E-state index contributed by atoms with van der Waals surface area (Å²) in [5.74, 6) is -0.278. The van der Waals surface area contributed by atoms with E-state index in [2.05, 4.69) is 4.58 Å². The molecular weight excluding hydrogens is 248 g/mol. The van der Waals surface area contributed by atoms with Crippen molar-refractivity contribution in [2.24, 2.45) is 4.58 Å². The second-order valence-electron chi connectivity index (χ2n) is 3.59. The number of nitro groups is 1. The fourth-order valence-corrected chi connectivity index (χ4v) is 1.92. The summed E-state index contributed by atoms with van der Waals surface area (Å²) in [7, 11) is -2.51. The topological polar surface area (TPSA) is 110 Å². The molecule has 0 bridgehead atoms. The predicted molar refractivity (Wildman–Crippen MR) is 64.3 cm³/mol. The highest BCUT2D eigenvalue weighted by molar-refractivity contribution is 8.43. The van der Waals surface area contributed by atoms with Crippen LogP contribution in [-0.2, 0) is 0 Å². The van der Waals surface area contributed by atoms with Crippen LogP contribution in [0.5, 0.6) is 5.75 Å². The van der Waals surface area contributed by atoms with Crippen LogP contribution in [0.3, 0.4) is 0 Å². The lowest BCUT2D eigenvalue weighted by molar-refractivity contribution is -0.385. The highest BCUT2D eigenvalue weighted by Gasteiger charge is 2.30. The van der Waals surface area contributed by atoms with Gasteiger partial charge in [0.25, 0.3) is 5.69 Å². The van der Waals surface area contributed by atoms with Crippen molar-refractivity contribution < 1.29 is 14.8 Å². The summed E-state index contributed by atoms with van der Waals surface area (Å²) in [6, 6.07) is 3.09. The molecule has 1 N–H and O–H groups in total. The van der Waals surface area contributed by atoms with E-state index in [1.54, 1.807) is 0 Å². The van der Waals surface area contributed by atoms with Crippen LogP contribution >= 0.6 is 10.2 Å². The molecule has 0 aliphatic heterocycles.